The fraction of sp³-hybridized carbons (Fsp3) is 1.00. The predicted molar refractivity (Wildman–Crippen MR) is 116 cm³/mol. The van der Waals surface area contributed by atoms with E-state index in [0.717, 1.165) is 41.0 Å². The lowest BCUT2D eigenvalue weighted by molar-refractivity contribution is -0.0484. The van der Waals surface area contributed by atoms with Gasteiger partial charge in [0.2, 0.25) is 0 Å². The minimum Gasteiger partial charge on any atom is -0.315 e. The van der Waals surface area contributed by atoms with Gasteiger partial charge in [0.1, 0.15) is 0 Å². The van der Waals surface area contributed by atoms with Crippen LogP contribution >= 0.6 is 0 Å². The van der Waals surface area contributed by atoms with Gasteiger partial charge in [-0.3, -0.25) is 0 Å². The van der Waals surface area contributed by atoms with Gasteiger partial charge in [0, 0.05) is 5.54 Å². The molecule has 0 spiro atoms. The Kier molecular flexibility index (Phi) is 5.41. The quantitative estimate of drug-likeness (QED) is 0.545. The Bertz CT molecular complexity index is 463. The van der Waals surface area contributed by atoms with E-state index in [-0.39, 0.29) is 5.54 Å². The lowest BCUT2D eigenvalue weighted by Crippen LogP contribution is -2.49. The van der Waals surface area contributed by atoms with Crippen LogP contribution in [-0.2, 0) is 0 Å². The van der Waals surface area contributed by atoms with Crippen LogP contribution in [0.25, 0.3) is 0 Å². The minimum absolute atomic E-state index is 0.276. The second kappa shape index (κ2) is 7.21. The summed E-state index contributed by atoms with van der Waals surface area (Å²) < 4.78 is 0. The van der Waals surface area contributed by atoms with Crippen molar-refractivity contribution in [3.8, 4) is 0 Å². The van der Waals surface area contributed by atoms with Crippen molar-refractivity contribution in [1.82, 2.24) is 5.32 Å². The summed E-state index contributed by atoms with van der Waals surface area (Å²) in [4.78, 5) is 0. The van der Waals surface area contributed by atoms with E-state index in [1.54, 1.807) is 64.2 Å². The van der Waals surface area contributed by atoms with E-state index >= 15 is 0 Å². The van der Waals surface area contributed by atoms with Crippen LogP contribution in [0.3, 0.4) is 0 Å². The van der Waals surface area contributed by atoms with Crippen LogP contribution in [0.1, 0.15) is 85.0 Å². The summed E-state index contributed by atoms with van der Waals surface area (Å²) >= 11 is 0. The molecule has 1 nitrogen and oxygen atoms in total. The molecule has 0 amide bonds. The van der Waals surface area contributed by atoms with Gasteiger partial charge in [-0.05, 0) is 107 Å². The van der Waals surface area contributed by atoms with Gasteiger partial charge in [0.25, 0.3) is 0 Å². The van der Waals surface area contributed by atoms with Crippen LogP contribution in [0.2, 0.25) is 18.6 Å². The molecule has 0 aliphatic heterocycles. The van der Waals surface area contributed by atoms with Gasteiger partial charge in [0.15, 0.2) is 0 Å². The molecule has 4 saturated carbocycles. The zero-order valence-corrected chi connectivity index (χ0v) is 19.3. The Labute approximate surface area is 164 Å². The first-order chi connectivity index (χ1) is 12.3. The summed E-state index contributed by atoms with van der Waals surface area (Å²) in [6, 6.07) is 0. The molecule has 4 rings (SSSR count). The molecule has 0 radical (unpaired) electrons. The van der Waals surface area contributed by atoms with Crippen LogP contribution in [0.15, 0.2) is 0 Å². The molecule has 0 bridgehead atoms. The van der Waals surface area contributed by atoms with Crippen molar-refractivity contribution >= 4 is 8.07 Å². The SMILES string of the molecule is CC(C)(C)NC[Si](C)(C)C1CC2C3CCCCC3C3CCCCC3C2C1. The highest BCUT2D eigenvalue weighted by molar-refractivity contribution is 6.79. The summed E-state index contributed by atoms with van der Waals surface area (Å²) in [6.45, 7) is 12.4. The molecule has 6 atom stereocenters. The molecule has 0 saturated heterocycles. The van der Waals surface area contributed by atoms with Crippen molar-refractivity contribution in [2.24, 2.45) is 35.5 Å². The molecule has 0 heterocycles. The molecular formula is C24H45NSi. The second-order valence-corrected chi connectivity index (χ2v) is 17.5. The molecule has 6 unspecified atom stereocenters. The lowest BCUT2D eigenvalue weighted by Gasteiger charge is -2.54. The Morgan fingerprint density at radius 1 is 0.692 bits per heavy atom. The minimum atomic E-state index is -1.19. The molecule has 4 fully saturated rings. The Balaban J connectivity index is 1.51. The average Bonchev–Trinajstić information content (AvgIpc) is 3.07. The maximum atomic E-state index is 3.89. The van der Waals surface area contributed by atoms with Crippen LogP contribution in [0.4, 0.5) is 0 Å². The summed E-state index contributed by atoms with van der Waals surface area (Å²) in [5.74, 6) is 6.74. The van der Waals surface area contributed by atoms with Crippen molar-refractivity contribution < 1.29 is 0 Å². The van der Waals surface area contributed by atoms with Crippen LogP contribution < -0.4 is 5.32 Å². The number of hydrogen-bond acceptors (Lipinski definition) is 1. The predicted octanol–water partition coefficient (Wildman–Crippen LogP) is 6.64. The summed E-state index contributed by atoms with van der Waals surface area (Å²) in [6.07, 6.45) is 17.1. The van der Waals surface area contributed by atoms with Gasteiger partial charge in [-0.2, -0.15) is 0 Å². The van der Waals surface area contributed by atoms with Gasteiger partial charge >= 0.3 is 0 Å². The van der Waals surface area contributed by atoms with Crippen molar-refractivity contribution in [3.63, 3.8) is 0 Å². The highest BCUT2D eigenvalue weighted by atomic mass is 28.3. The molecular weight excluding hydrogens is 330 g/mol. The standard InChI is InChI=1S/C24H45NSi/c1-24(2,3)25-16-26(4,5)17-14-22-20-12-8-6-10-18(20)19-11-7-9-13-21(19)23(22)15-17/h17-23,25H,6-16H2,1-5H3. The molecule has 150 valence electrons. The Morgan fingerprint density at radius 2 is 1.08 bits per heavy atom. The van der Waals surface area contributed by atoms with E-state index in [4.69, 9.17) is 0 Å². The van der Waals surface area contributed by atoms with Gasteiger partial charge in [0.05, 0.1) is 8.07 Å². The van der Waals surface area contributed by atoms with Crippen LogP contribution in [0.5, 0.6) is 0 Å². The zero-order valence-electron chi connectivity index (χ0n) is 18.3. The molecule has 0 aromatic rings. The summed E-state index contributed by atoms with van der Waals surface area (Å²) in [5, 5.41) is 3.89. The monoisotopic (exact) mass is 375 g/mol. The normalized spacial score (nSPS) is 43.5. The summed E-state index contributed by atoms with van der Waals surface area (Å²) in [7, 11) is -1.19. The average molecular weight is 376 g/mol. The van der Waals surface area contributed by atoms with Crippen molar-refractivity contribution in [2.75, 3.05) is 6.17 Å². The van der Waals surface area contributed by atoms with Crippen molar-refractivity contribution in [3.05, 3.63) is 0 Å². The molecule has 2 heteroatoms. The van der Waals surface area contributed by atoms with Crippen molar-refractivity contribution in [2.45, 2.75) is 109 Å². The van der Waals surface area contributed by atoms with E-state index in [1.807, 2.05) is 0 Å². The molecule has 26 heavy (non-hydrogen) atoms. The highest BCUT2D eigenvalue weighted by Gasteiger charge is 2.55. The van der Waals surface area contributed by atoms with Gasteiger partial charge < -0.3 is 5.32 Å². The Morgan fingerprint density at radius 3 is 1.46 bits per heavy atom. The van der Waals surface area contributed by atoms with Gasteiger partial charge in [-0.25, -0.2) is 0 Å². The van der Waals surface area contributed by atoms with Gasteiger partial charge in [-0.15, -0.1) is 0 Å². The molecule has 0 aromatic heterocycles. The first-order valence-electron chi connectivity index (χ1n) is 12.0. The van der Waals surface area contributed by atoms with Crippen LogP contribution in [0, 0.1) is 35.5 Å². The number of rotatable bonds is 3. The van der Waals surface area contributed by atoms with E-state index in [9.17, 15) is 0 Å². The summed E-state index contributed by atoms with van der Waals surface area (Å²) in [5.41, 5.74) is 1.36. The number of hydrogen-bond donors (Lipinski definition) is 1. The van der Waals surface area contributed by atoms with E-state index in [1.165, 1.54) is 6.17 Å². The first-order valence-corrected chi connectivity index (χ1v) is 15.3. The molecule has 4 aliphatic carbocycles. The Hall–Kier alpha value is 0.177. The fourth-order valence-corrected chi connectivity index (χ4v) is 11.0. The van der Waals surface area contributed by atoms with Crippen LogP contribution in [-0.4, -0.2) is 19.8 Å². The third kappa shape index (κ3) is 3.71. The maximum absolute atomic E-state index is 3.89. The maximum Gasteiger partial charge on any atom is 0.0657 e. The fourth-order valence-electron chi connectivity index (χ4n) is 7.87. The topological polar surface area (TPSA) is 12.0 Å². The third-order valence-electron chi connectivity index (χ3n) is 9.24. The van der Waals surface area contributed by atoms with Crippen molar-refractivity contribution in [1.29, 1.82) is 0 Å². The first kappa shape index (κ1) is 19.5. The third-order valence-corrected chi connectivity index (χ3v) is 13.0. The zero-order chi connectivity index (χ0) is 18.5. The molecule has 4 aliphatic rings. The number of fused-ring (bicyclic) bond motifs is 6. The van der Waals surface area contributed by atoms with E-state index in [0.29, 0.717) is 0 Å². The van der Waals surface area contributed by atoms with E-state index in [2.05, 4.69) is 39.2 Å². The lowest BCUT2D eigenvalue weighted by atomic mass is 9.51. The molecule has 1 N–H and O–H groups in total. The van der Waals surface area contributed by atoms with Gasteiger partial charge in [-0.1, -0.05) is 38.8 Å². The second-order valence-electron chi connectivity index (χ2n) is 12.3. The number of nitrogens with one attached hydrogen (secondary N) is 1. The smallest absolute Gasteiger partial charge is 0.0657 e. The van der Waals surface area contributed by atoms with E-state index < -0.39 is 8.07 Å². The largest absolute Gasteiger partial charge is 0.315 e. The molecule has 0 aromatic carbocycles. The highest BCUT2D eigenvalue weighted by Crippen LogP contribution is 2.63.